The van der Waals surface area contributed by atoms with Gasteiger partial charge in [0.25, 0.3) is 0 Å². The molecule has 0 bridgehead atoms. The van der Waals surface area contributed by atoms with Gasteiger partial charge in [-0.15, -0.1) is 0 Å². The smallest absolute Gasteiger partial charge is 0.243 e. The Labute approximate surface area is 162 Å². The number of thiazole rings is 1. The van der Waals surface area contributed by atoms with Crippen LogP contribution in [-0.4, -0.2) is 62.9 Å². The summed E-state index contributed by atoms with van der Waals surface area (Å²) in [7, 11) is -3.63. The van der Waals surface area contributed by atoms with Gasteiger partial charge in [0.1, 0.15) is 0 Å². The van der Waals surface area contributed by atoms with Crippen molar-refractivity contribution < 1.29 is 17.9 Å². The number of aromatic nitrogens is 1. The van der Waals surface area contributed by atoms with E-state index in [0.29, 0.717) is 36.7 Å². The van der Waals surface area contributed by atoms with Gasteiger partial charge in [0.2, 0.25) is 15.8 Å². The van der Waals surface area contributed by atoms with Crippen LogP contribution in [0.1, 0.15) is 28.1 Å². The number of sulfonamides is 1. The van der Waals surface area contributed by atoms with E-state index in [1.165, 1.54) is 27.8 Å². The first-order valence-electron chi connectivity index (χ1n) is 8.99. The second-order valence-electron chi connectivity index (χ2n) is 6.57. The maximum Gasteiger partial charge on any atom is 0.243 e. The number of carbonyl (C=O) groups excluding carboxylic acids is 1. The third-order valence-corrected chi connectivity index (χ3v) is 7.75. The minimum absolute atomic E-state index is 0.138. The lowest BCUT2D eigenvalue weighted by Gasteiger charge is -2.26. The fourth-order valence-electron chi connectivity index (χ4n) is 3.30. The highest BCUT2D eigenvalue weighted by atomic mass is 32.2. The fraction of sp³-hybridized carbons (Fsp3) is 0.444. The molecule has 0 unspecified atom stereocenters. The molecule has 0 N–H and O–H groups in total. The van der Waals surface area contributed by atoms with E-state index in [9.17, 15) is 13.2 Å². The van der Waals surface area contributed by atoms with Crippen molar-refractivity contribution in [1.82, 2.24) is 9.29 Å². The summed E-state index contributed by atoms with van der Waals surface area (Å²) < 4.78 is 32.3. The highest BCUT2D eigenvalue weighted by molar-refractivity contribution is 7.89. The van der Waals surface area contributed by atoms with Gasteiger partial charge in [-0.1, -0.05) is 23.5 Å². The molecule has 4 rings (SSSR count). The molecule has 1 aromatic carbocycles. The van der Waals surface area contributed by atoms with E-state index in [1.54, 1.807) is 18.3 Å². The number of carbonyl (C=O) groups is 1. The molecule has 9 heteroatoms. The largest absolute Gasteiger partial charge is 0.379 e. The first-order chi connectivity index (χ1) is 13.1. The van der Waals surface area contributed by atoms with Crippen LogP contribution < -0.4 is 4.90 Å². The zero-order chi connectivity index (χ0) is 18.9. The third-order valence-electron chi connectivity index (χ3n) is 4.80. The molecular weight excluding hydrogens is 386 g/mol. The van der Waals surface area contributed by atoms with Gasteiger partial charge in [-0.2, -0.15) is 4.31 Å². The standard InChI is InChI=1S/C18H21N3O4S2/c22-17(16-13-19-18(26-16)20-6-1-2-7-20)14-4-3-5-15(12-14)27(23,24)21-8-10-25-11-9-21/h3-5,12-13H,1-2,6-11H2. The summed E-state index contributed by atoms with van der Waals surface area (Å²) in [6.45, 7) is 3.36. The maximum absolute atomic E-state index is 12.9. The van der Waals surface area contributed by atoms with E-state index in [1.807, 2.05) is 0 Å². The quantitative estimate of drug-likeness (QED) is 0.706. The molecule has 2 saturated heterocycles. The predicted octanol–water partition coefficient (Wildman–Crippen LogP) is 2.00. The first-order valence-corrected chi connectivity index (χ1v) is 11.2. The Bertz CT molecular complexity index is 930. The fourth-order valence-corrected chi connectivity index (χ4v) is 5.68. The van der Waals surface area contributed by atoms with Crippen molar-refractivity contribution in [1.29, 1.82) is 0 Å². The molecule has 0 spiro atoms. The van der Waals surface area contributed by atoms with Crippen molar-refractivity contribution in [3.05, 3.63) is 40.9 Å². The van der Waals surface area contributed by atoms with Crippen LogP contribution in [0.5, 0.6) is 0 Å². The number of ether oxygens (including phenoxy) is 1. The minimum atomic E-state index is -3.63. The number of morpholine rings is 1. The van der Waals surface area contributed by atoms with Gasteiger partial charge >= 0.3 is 0 Å². The molecule has 2 aromatic rings. The molecule has 2 fully saturated rings. The molecule has 0 radical (unpaired) electrons. The van der Waals surface area contributed by atoms with Crippen LogP contribution in [0.4, 0.5) is 5.13 Å². The number of ketones is 1. The zero-order valence-electron chi connectivity index (χ0n) is 14.8. The lowest BCUT2D eigenvalue weighted by molar-refractivity contribution is 0.0730. The summed E-state index contributed by atoms with van der Waals surface area (Å²) in [5, 5.41) is 0.855. The summed E-state index contributed by atoms with van der Waals surface area (Å²) in [4.78, 5) is 20.1. The van der Waals surface area contributed by atoms with Gasteiger partial charge in [0.05, 0.1) is 29.2 Å². The van der Waals surface area contributed by atoms with Gasteiger partial charge in [-0.05, 0) is 25.0 Å². The Morgan fingerprint density at radius 3 is 2.59 bits per heavy atom. The summed E-state index contributed by atoms with van der Waals surface area (Å²) in [5.41, 5.74) is 0.362. The molecule has 2 aliphatic rings. The Morgan fingerprint density at radius 1 is 1.11 bits per heavy atom. The van der Waals surface area contributed by atoms with E-state index in [4.69, 9.17) is 4.74 Å². The van der Waals surface area contributed by atoms with Crippen LogP contribution in [0.2, 0.25) is 0 Å². The van der Waals surface area contributed by atoms with Crippen molar-refractivity contribution in [3.8, 4) is 0 Å². The number of anilines is 1. The SMILES string of the molecule is O=C(c1cccc(S(=O)(=O)N2CCOCC2)c1)c1cnc(N2CCCC2)s1. The van der Waals surface area contributed by atoms with E-state index in [-0.39, 0.29) is 10.7 Å². The van der Waals surface area contributed by atoms with Crippen LogP contribution in [0.3, 0.4) is 0 Å². The van der Waals surface area contributed by atoms with Gasteiger partial charge < -0.3 is 9.64 Å². The maximum atomic E-state index is 12.9. The molecular formula is C18H21N3O4S2. The number of hydrogen-bond acceptors (Lipinski definition) is 7. The van der Waals surface area contributed by atoms with Crippen LogP contribution in [0.15, 0.2) is 35.4 Å². The van der Waals surface area contributed by atoms with Crippen molar-refractivity contribution >= 4 is 32.3 Å². The lowest BCUT2D eigenvalue weighted by Crippen LogP contribution is -2.40. The van der Waals surface area contributed by atoms with Crippen LogP contribution in [-0.2, 0) is 14.8 Å². The molecule has 27 heavy (non-hydrogen) atoms. The topological polar surface area (TPSA) is 79.8 Å². The van der Waals surface area contributed by atoms with Crippen LogP contribution in [0.25, 0.3) is 0 Å². The Kier molecular flexibility index (Phi) is 5.27. The number of hydrogen-bond donors (Lipinski definition) is 0. The van der Waals surface area contributed by atoms with Crippen LogP contribution >= 0.6 is 11.3 Å². The van der Waals surface area contributed by atoms with Gasteiger partial charge in [-0.3, -0.25) is 4.79 Å². The van der Waals surface area contributed by atoms with Crippen molar-refractivity contribution in [2.24, 2.45) is 0 Å². The third kappa shape index (κ3) is 3.77. The molecule has 3 heterocycles. The number of nitrogens with zero attached hydrogens (tertiary/aromatic N) is 3. The lowest BCUT2D eigenvalue weighted by atomic mass is 10.1. The predicted molar refractivity (Wildman–Crippen MR) is 103 cm³/mol. The minimum Gasteiger partial charge on any atom is -0.379 e. The van der Waals surface area contributed by atoms with Gasteiger partial charge in [-0.25, -0.2) is 13.4 Å². The van der Waals surface area contributed by atoms with E-state index in [2.05, 4.69) is 9.88 Å². The second-order valence-corrected chi connectivity index (χ2v) is 9.52. The van der Waals surface area contributed by atoms with Crippen molar-refractivity contribution in [3.63, 3.8) is 0 Å². The highest BCUT2D eigenvalue weighted by Gasteiger charge is 2.27. The number of benzene rings is 1. The van der Waals surface area contributed by atoms with E-state index < -0.39 is 10.0 Å². The van der Waals surface area contributed by atoms with Gasteiger partial charge in [0, 0.05) is 31.7 Å². The van der Waals surface area contributed by atoms with E-state index in [0.717, 1.165) is 31.1 Å². The summed E-state index contributed by atoms with van der Waals surface area (Å²) in [5.74, 6) is -0.197. The molecule has 0 aliphatic carbocycles. The van der Waals surface area contributed by atoms with Crippen LogP contribution in [0, 0.1) is 0 Å². The first kappa shape index (κ1) is 18.5. The second kappa shape index (κ2) is 7.67. The Balaban J connectivity index is 1.57. The molecule has 0 atom stereocenters. The van der Waals surface area contributed by atoms with Crippen molar-refractivity contribution in [2.45, 2.75) is 17.7 Å². The molecule has 144 valence electrons. The van der Waals surface area contributed by atoms with E-state index >= 15 is 0 Å². The average molecular weight is 408 g/mol. The highest BCUT2D eigenvalue weighted by Crippen LogP contribution is 2.28. The van der Waals surface area contributed by atoms with Gasteiger partial charge in [0.15, 0.2) is 5.13 Å². The molecule has 7 nitrogen and oxygen atoms in total. The summed E-state index contributed by atoms with van der Waals surface area (Å²) in [6, 6.07) is 6.26. The molecule has 2 aliphatic heterocycles. The summed E-state index contributed by atoms with van der Waals surface area (Å²) in [6.07, 6.45) is 3.87. The monoisotopic (exact) mass is 407 g/mol. The number of rotatable bonds is 5. The molecule has 0 saturated carbocycles. The molecule has 0 amide bonds. The Morgan fingerprint density at radius 2 is 1.85 bits per heavy atom. The molecule has 1 aromatic heterocycles. The zero-order valence-corrected chi connectivity index (χ0v) is 16.5. The average Bonchev–Trinajstić information content (AvgIpc) is 3.40. The normalized spacial score (nSPS) is 18.7. The summed E-state index contributed by atoms with van der Waals surface area (Å²) >= 11 is 1.36. The Hall–Kier alpha value is -1.81. The van der Waals surface area contributed by atoms with Crippen molar-refractivity contribution in [2.75, 3.05) is 44.3 Å².